The fraction of sp³-hybridized carbons (Fsp3) is 0.133. The molecule has 0 atom stereocenters. The second-order valence-corrected chi connectivity index (χ2v) is 8.57. The molecule has 0 saturated carbocycles. The zero-order valence-corrected chi connectivity index (χ0v) is 20.7. The minimum Gasteiger partial charge on any atom is -0.503 e. The number of hydrogen-bond acceptors (Lipinski definition) is 7. The topological polar surface area (TPSA) is 107 Å². The molecule has 2 aromatic heterocycles. The highest BCUT2D eigenvalue weighted by Gasteiger charge is 2.30. The largest absolute Gasteiger partial charge is 0.503 e. The maximum atomic E-state index is 13.5. The Kier molecular flexibility index (Phi) is 7.24. The predicted octanol–water partition coefficient (Wildman–Crippen LogP) is 6.01. The van der Waals surface area contributed by atoms with Gasteiger partial charge in [0.1, 0.15) is 17.7 Å². The van der Waals surface area contributed by atoms with Crippen LogP contribution in [0.3, 0.4) is 0 Å². The van der Waals surface area contributed by atoms with Gasteiger partial charge in [0, 0.05) is 29.3 Å². The molecule has 192 valence electrons. The molecule has 8 heteroatoms. The van der Waals surface area contributed by atoms with Gasteiger partial charge in [-0.05, 0) is 29.8 Å². The van der Waals surface area contributed by atoms with Crippen LogP contribution in [-0.4, -0.2) is 39.4 Å². The van der Waals surface area contributed by atoms with Gasteiger partial charge in [-0.15, -0.1) is 0 Å². The highest BCUT2D eigenvalue weighted by atomic mass is 16.5. The molecule has 0 radical (unpaired) electrons. The lowest BCUT2D eigenvalue weighted by Crippen LogP contribution is -2.07. The van der Waals surface area contributed by atoms with E-state index in [1.54, 1.807) is 42.5 Å². The van der Waals surface area contributed by atoms with Crippen LogP contribution in [0.2, 0.25) is 0 Å². The van der Waals surface area contributed by atoms with Crippen LogP contribution >= 0.6 is 0 Å². The number of Topliss-reactive ketones (excluding diaryl/α,β-unsaturated/α-hetero) is 1. The number of carbonyl (C=O) groups is 1. The van der Waals surface area contributed by atoms with E-state index in [1.165, 1.54) is 17.9 Å². The van der Waals surface area contributed by atoms with Gasteiger partial charge >= 0.3 is 0 Å². The van der Waals surface area contributed by atoms with E-state index in [1.807, 2.05) is 42.5 Å². The van der Waals surface area contributed by atoms with E-state index in [4.69, 9.17) is 14.0 Å². The lowest BCUT2D eigenvalue weighted by molar-refractivity contribution is 0.0847. The maximum Gasteiger partial charge on any atom is 0.240 e. The van der Waals surface area contributed by atoms with Crippen molar-refractivity contribution >= 4 is 5.78 Å². The second kappa shape index (κ2) is 11.1. The fourth-order valence-electron chi connectivity index (χ4n) is 4.36. The number of rotatable bonds is 10. The summed E-state index contributed by atoms with van der Waals surface area (Å²) < 4.78 is 17.6. The smallest absolute Gasteiger partial charge is 0.240 e. The number of benzene rings is 3. The monoisotopic (exact) mass is 510 g/mol. The number of ketones is 1. The first-order valence-electron chi connectivity index (χ1n) is 12.0. The highest BCUT2D eigenvalue weighted by molar-refractivity contribution is 6.06. The summed E-state index contributed by atoms with van der Waals surface area (Å²) in [4.78, 5) is 13.5. The molecule has 0 fully saturated rings. The average molecular weight is 511 g/mol. The zero-order valence-electron chi connectivity index (χ0n) is 20.7. The number of carbonyl (C=O) groups excluding carboxylic acids is 1. The first kappa shape index (κ1) is 24.9. The number of nitrogens with zero attached hydrogens (tertiary/aromatic N) is 2. The van der Waals surface area contributed by atoms with E-state index < -0.39 is 11.6 Å². The number of para-hydroxylation sites is 1. The summed E-state index contributed by atoms with van der Waals surface area (Å²) >= 11 is 0. The maximum absolute atomic E-state index is 13.5. The van der Waals surface area contributed by atoms with Crippen molar-refractivity contribution in [3.8, 4) is 45.6 Å². The van der Waals surface area contributed by atoms with E-state index in [0.29, 0.717) is 35.0 Å². The van der Waals surface area contributed by atoms with Gasteiger partial charge in [-0.2, -0.15) is 0 Å². The van der Waals surface area contributed by atoms with Crippen LogP contribution in [0.1, 0.15) is 22.3 Å². The minimum atomic E-state index is -0.500. The second-order valence-electron chi connectivity index (χ2n) is 8.57. The molecular weight excluding hydrogens is 484 g/mol. The number of aromatic hydroxyl groups is 2. The lowest BCUT2D eigenvalue weighted by Gasteiger charge is -2.15. The minimum absolute atomic E-state index is 0.00381. The molecule has 2 N–H and O–H groups in total. The van der Waals surface area contributed by atoms with Crippen molar-refractivity contribution in [1.82, 2.24) is 9.72 Å². The summed E-state index contributed by atoms with van der Waals surface area (Å²) in [5.74, 6) is -0.835. The molecular formula is C30H26N2O6. The Hall–Kier alpha value is -4.82. The standard InChI is InChI=1S/C30H26N2O6/c1-36-26-10-6-5-9-23(26)28-27(25(33)16-17-37-19-20-7-3-2-4-8-20)29(34)30(35)32(28)22-13-11-21(12-14-22)24-15-18-38-31-24/h2-15,18,34-35H,16-17,19H2,1H3. The Morgan fingerprint density at radius 1 is 0.947 bits per heavy atom. The van der Waals surface area contributed by atoms with Crippen molar-refractivity contribution in [2.45, 2.75) is 13.0 Å². The third kappa shape index (κ3) is 4.89. The lowest BCUT2D eigenvalue weighted by atomic mass is 10.0. The van der Waals surface area contributed by atoms with E-state index >= 15 is 0 Å². The molecule has 0 saturated heterocycles. The van der Waals surface area contributed by atoms with Crippen molar-refractivity contribution in [2.75, 3.05) is 13.7 Å². The Morgan fingerprint density at radius 3 is 2.39 bits per heavy atom. The zero-order chi connectivity index (χ0) is 26.5. The molecule has 0 unspecified atom stereocenters. The molecule has 0 bridgehead atoms. The van der Waals surface area contributed by atoms with Crippen LogP contribution in [0.5, 0.6) is 17.4 Å². The molecule has 0 amide bonds. The molecule has 5 aromatic rings. The SMILES string of the molecule is COc1ccccc1-c1c(C(=O)CCOCc2ccccc2)c(O)c(O)n1-c1ccc(-c2ccon2)cc1. The summed E-state index contributed by atoms with van der Waals surface area (Å²) in [6.07, 6.45) is 1.50. The first-order valence-corrected chi connectivity index (χ1v) is 12.0. The van der Waals surface area contributed by atoms with Gasteiger partial charge < -0.3 is 24.2 Å². The van der Waals surface area contributed by atoms with E-state index in [-0.39, 0.29) is 24.4 Å². The molecule has 3 aromatic carbocycles. The number of ether oxygens (including phenoxy) is 2. The van der Waals surface area contributed by atoms with Gasteiger partial charge in [0.2, 0.25) is 5.88 Å². The molecule has 5 rings (SSSR count). The fourth-order valence-corrected chi connectivity index (χ4v) is 4.36. The summed E-state index contributed by atoms with van der Waals surface area (Å²) in [7, 11) is 1.53. The van der Waals surface area contributed by atoms with E-state index in [0.717, 1.165) is 11.1 Å². The molecule has 0 aliphatic rings. The van der Waals surface area contributed by atoms with Crippen LogP contribution in [-0.2, 0) is 11.3 Å². The summed E-state index contributed by atoms with van der Waals surface area (Å²) in [5.41, 5.74) is 3.85. The molecule has 0 aliphatic heterocycles. The first-order chi connectivity index (χ1) is 18.6. The van der Waals surface area contributed by atoms with Crippen LogP contribution in [0.4, 0.5) is 0 Å². The van der Waals surface area contributed by atoms with Crippen LogP contribution in [0, 0.1) is 0 Å². The van der Waals surface area contributed by atoms with Gasteiger partial charge in [0.05, 0.1) is 31.6 Å². The van der Waals surface area contributed by atoms with Gasteiger partial charge in [0.25, 0.3) is 0 Å². The summed E-state index contributed by atoms with van der Waals surface area (Å²) in [6.45, 7) is 0.514. The molecule has 2 heterocycles. The third-order valence-electron chi connectivity index (χ3n) is 6.21. The van der Waals surface area contributed by atoms with E-state index in [2.05, 4.69) is 5.16 Å². The number of methoxy groups -OCH3 is 1. The van der Waals surface area contributed by atoms with Crippen LogP contribution < -0.4 is 4.74 Å². The Balaban J connectivity index is 1.52. The van der Waals surface area contributed by atoms with Crippen molar-refractivity contribution in [1.29, 1.82) is 0 Å². The van der Waals surface area contributed by atoms with Crippen LogP contribution in [0.25, 0.3) is 28.2 Å². The predicted molar refractivity (Wildman–Crippen MR) is 142 cm³/mol. The number of hydrogen-bond donors (Lipinski definition) is 2. The molecule has 0 aliphatic carbocycles. The summed E-state index contributed by atoms with van der Waals surface area (Å²) in [6, 6.07) is 25.7. The molecule has 0 spiro atoms. The van der Waals surface area contributed by atoms with Gasteiger partial charge in [-0.3, -0.25) is 9.36 Å². The van der Waals surface area contributed by atoms with Crippen molar-refractivity contribution in [2.24, 2.45) is 0 Å². The quantitative estimate of drug-likeness (QED) is 0.175. The van der Waals surface area contributed by atoms with Crippen molar-refractivity contribution < 1.29 is 29.0 Å². The highest BCUT2D eigenvalue weighted by Crippen LogP contribution is 2.46. The van der Waals surface area contributed by atoms with Gasteiger partial charge in [0.15, 0.2) is 11.5 Å². The Bertz CT molecular complexity index is 1520. The molecule has 38 heavy (non-hydrogen) atoms. The van der Waals surface area contributed by atoms with E-state index in [9.17, 15) is 15.0 Å². The van der Waals surface area contributed by atoms with Crippen LogP contribution in [0.15, 0.2) is 95.7 Å². The normalized spacial score (nSPS) is 11.0. The van der Waals surface area contributed by atoms with Crippen molar-refractivity contribution in [3.05, 3.63) is 102 Å². The van der Waals surface area contributed by atoms with Gasteiger partial charge in [-0.25, -0.2) is 0 Å². The summed E-state index contributed by atoms with van der Waals surface area (Å²) in [5, 5.41) is 26.0. The molecule has 8 nitrogen and oxygen atoms in total. The number of aromatic nitrogens is 2. The Labute approximate surface area is 219 Å². The van der Waals surface area contributed by atoms with Gasteiger partial charge in [-0.1, -0.05) is 59.8 Å². The average Bonchev–Trinajstić information content (AvgIpc) is 3.59. The van der Waals surface area contributed by atoms with Crippen molar-refractivity contribution in [3.63, 3.8) is 0 Å². The Morgan fingerprint density at radius 2 is 1.68 bits per heavy atom. The third-order valence-corrected chi connectivity index (χ3v) is 6.21.